The molecular weight excluding hydrogens is 184 g/mol. The number of ether oxygens (including phenoxy) is 1. The minimum Gasteiger partial charge on any atom is -0.376 e. The summed E-state index contributed by atoms with van der Waals surface area (Å²) in [5.74, 6) is 0. The van der Waals surface area contributed by atoms with Gasteiger partial charge in [0.1, 0.15) is 0 Å². The molecule has 1 fully saturated rings. The van der Waals surface area contributed by atoms with Gasteiger partial charge in [-0.2, -0.15) is 0 Å². The van der Waals surface area contributed by atoms with Crippen molar-refractivity contribution in [1.82, 2.24) is 0 Å². The Bertz CT molecular complexity index is 282. The summed E-state index contributed by atoms with van der Waals surface area (Å²) >= 11 is 0. The Kier molecular flexibility index (Phi) is 3.42. The molecule has 0 radical (unpaired) electrons. The molecule has 1 aromatic carbocycles. The van der Waals surface area contributed by atoms with Gasteiger partial charge in [0.2, 0.25) is 0 Å². The second kappa shape index (κ2) is 4.80. The topological polar surface area (TPSA) is 9.23 Å². The van der Waals surface area contributed by atoms with Crippen LogP contribution in [0.1, 0.15) is 38.2 Å². The van der Waals surface area contributed by atoms with E-state index in [4.69, 9.17) is 4.74 Å². The molecule has 0 saturated heterocycles. The van der Waals surface area contributed by atoms with Crippen LogP contribution in [0, 0.1) is 5.41 Å². The Morgan fingerprint density at radius 2 is 1.93 bits per heavy atom. The van der Waals surface area contributed by atoms with Crippen LogP contribution in [-0.2, 0) is 11.3 Å². The molecule has 0 heterocycles. The first kappa shape index (κ1) is 10.7. The highest BCUT2D eigenvalue weighted by Gasteiger charge is 2.35. The first-order valence-corrected chi connectivity index (χ1v) is 5.96. The molecule has 0 aromatic heterocycles. The van der Waals surface area contributed by atoms with Crippen LogP contribution in [0.3, 0.4) is 0 Å². The van der Waals surface area contributed by atoms with Gasteiger partial charge in [0, 0.05) is 0 Å². The number of hydrogen-bond donors (Lipinski definition) is 0. The largest absolute Gasteiger partial charge is 0.376 e. The van der Waals surface area contributed by atoms with Gasteiger partial charge in [0.15, 0.2) is 0 Å². The van der Waals surface area contributed by atoms with Crippen molar-refractivity contribution in [3.8, 4) is 0 Å². The molecule has 1 nitrogen and oxygen atoms in total. The molecule has 0 amide bonds. The lowest BCUT2D eigenvalue weighted by atomic mass is 9.68. The van der Waals surface area contributed by atoms with E-state index in [0.29, 0.717) is 5.41 Å². The van der Waals surface area contributed by atoms with Gasteiger partial charge in [-0.15, -0.1) is 0 Å². The van der Waals surface area contributed by atoms with Crippen LogP contribution in [0.4, 0.5) is 0 Å². The van der Waals surface area contributed by atoms with Gasteiger partial charge >= 0.3 is 0 Å². The minimum absolute atomic E-state index is 0.523. The van der Waals surface area contributed by atoms with Crippen LogP contribution < -0.4 is 0 Å². The van der Waals surface area contributed by atoms with Gasteiger partial charge in [-0.1, -0.05) is 43.7 Å². The predicted molar refractivity (Wildman–Crippen MR) is 62.7 cm³/mol. The average molecular weight is 204 g/mol. The average Bonchev–Trinajstić information content (AvgIpc) is 2.24. The summed E-state index contributed by atoms with van der Waals surface area (Å²) in [6.07, 6.45) is 5.38. The fourth-order valence-corrected chi connectivity index (χ4v) is 2.24. The zero-order valence-electron chi connectivity index (χ0n) is 9.54. The van der Waals surface area contributed by atoms with E-state index in [0.717, 1.165) is 13.2 Å². The van der Waals surface area contributed by atoms with E-state index >= 15 is 0 Å². The lowest BCUT2D eigenvalue weighted by Crippen LogP contribution is -2.33. The molecule has 0 bridgehead atoms. The maximum absolute atomic E-state index is 5.82. The van der Waals surface area contributed by atoms with Crippen LogP contribution in [0.5, 0.6) is 0 Å². The summed E-state index contributed by atoms with van der Waals surface area (Å²) in [5.41, 5.74) is 1.80. The highest BCUT2D eigenvalue weighted by molar-refractivity contribution is 5.13. The van der Waals surface area contributed by atoms with Crippen molar-refractivity contribution in [2.75, 3.05) is 6.61 Å². The zero-order chi connectivity index (χ0) is 10.6. The van der Waals surface area contributed by atoms with E-state index in [1.54, 1.807) is 0 Å². The Hall–Kier alpha value is -0.820. The SMILES string of the molecule is CCC1(COCc2ccccc2)CCC1. The first-order chi connectivity index (χ1) is 7.35. The normalized spacial score (nSPS) is 18.5. The van der Waals surface area contributed by atoms with Gasteiger partial charge in [-0.3, -0.25) is 0 Å². The Morgan fingerprint density at radius 1 is 1.20 bits per heavy atom. The number of hydrogen-bond acceptors (Lipinski definition) is 1. The maximum atomic E-state index is 5.82. The quantitative estimate of drug-likeness (QED) is 0.709. The molecule has 1 heteroatoms. The Labute approximate surface area is 92.5 Å². The molecule has 1 saturated carbocycles. The van der Waals surface area contributed by atoms with Crippen LogP contribution >= 0.6 is 0 Å². The van der Waals surface area contributed by atoms with Crippen molar-refractivity contribution in [2.45, 2.75) is 39.2 Å². The summed E-state index contributed by atoms with van der Waals surface area (Å²) in [5, 5.41) is 0. The van der Waals surface area contributed by atoms with E-state index in [9.17, 15) is 0 Å². The van der Waals surface area contributed by atoms with E-state index in [1.807, 2.05) is 6.07 Å². The monoisotopic (exact) mass is 204 g/mol. The third kappa shape index (κ3) is 2.60. The van der Waals surface area contributed by atoms with Gasteiger partial charge in [0.05, 0.1) is 13.2 Å². The minimum atomic E-state index is 0.523. The standard InChI is InChI=1S/C14H20O/c1-2-14(9-6-10-14)12-15-11-13-7-4-3-5-8-13/h3-5,7-8H,2,6,9-12H2,1H3. The maximum Gasteiger partial charge on any atom is 0.0717 e. The van der Waals surface area contributed by atoms with Crippen molar-refractivity contribution >= 4 is 0 Å². The molecule has 1 aliphatic rings. The van der Waals surface area contributed by atoms with Gasteiger partial charge in [-0.25, -0.2) is 0 Å². The molecule has 0 spiro atoms. The lowest BCUT2D eigenvalue weighted by molar-refractivity contribution is -0.0162. The highest BCUT2D eigenvalue weighted by Crippen LogP contribution is 2.43. The third-order valence-electron chi connectivity index (χ3n) is 3.68. The lowest BCUT2D eigenvalue weighted by Gasteiger charge is -2.40. The fourth-order valence-electron chi connectivity index (χ4n) is 2.24. The molecule has 0 aliphatic heterocycles. The highest BCUT2D eigenvalue weighted by atomic mass is 16.5. The molecule has 2 rings (SSSR count). The van der Waals surface area contributed by atoms with Crippen LogP contribution in [0.25, 0.3) is 0 Å². The summed E-state index contributed by atoms with van der Waals surface area (Å²) in [4.78, 5) is 0. The number of rotatable bonds is 5. The molecule has 1 aromatic rings. The zero-order valence-corrected chi connectivity index (χ0v) is 9.54. The third-order valence-corrected chi connectivity index (χ3v) is 3.68. The van der Waals surface area contributed by atoms with Gasteiger partial charge in [-0.05, 0) is 30.2 Å². The molecule has 0 N–H and O–H groups in total. The molecule has 0 atom stereocenters. The molecule has 1 aliphatic carbocycles. The van der Waals surface area contributed by atoms with Crippen molar-refractivity contribution in [2.24, 2.45) is 5.41 Å². The summed E-state index contributed by atoms with van der Waals surface area (Å²) in [6.45, 7) is 3.99. The van der Waals surface area contributed by atoms with Crippen molar-refractivity contribution < 1.29 is 4.74 Å². The molecule has 82 valence electrons. The van der Waals surface area contributed by atoms with Gasteiger partial charge < -0.3 is 4.74 Å². The van der Waals surface area contributed by atoms with E-state index in [1.165, 1.54) is 31.2 Å². The van der Waals surface area contributed by atoms with Crippen LogP contribution in [-0.4, -0.2) is 6.61 Å². The molecule has 15 heavy (non-hydrogen) atoms. The van der Waals surface area contributed by atoms with Gasteiger partial charge in [0.25, 0.3) is 0 Å². The van der Waals surface area contributed by atoms with Crippen molar-refractivity contribution in [3.05, 3.63) is 35.9 Å². The van der Waals surface area contributed by atoms with Crippen molar-refractivity contribution in [1.29, 1.82) is 0 Å². The summed E-state index contributed by atoms with van der Waals surface area (Å²) < 4.78 is 5.82. The second-order valence-corrected chi connectivity index (χ2v) is 4.69. The Morgan fingerprint density at radius 3 is 2.47 bits per heavy atom. The van der Waals surface area contributed by atoms with E-state index in [-0.39, 0.29) is 0 Å². The molecule has 0 unspecified atom stereocenters. The van der Waals surface area contributed by atoms with Crippen molar-refractivity contribution in [3.63, 3.8) is 0 Å². The van der Waals surface area contributed by atoms with Crippen LogP contribution in [0.15, 0.2) is 30.3 Å². The summed E-state index contributed by atoms with van der Waals surface area (Å²) in [6, 6.07) is 10.4. The number of benzene rings is 1. The molecular formula is C14H20O. The van der Waals surface area contributed by atoms with E-state index < -0.39 is 0 Å². The Balaban J connectivity index is 1.75. The smallest absolute Gasteiger partial charge is 0.0717 e. The summed E-state index contributed by atoms with van der Waals surface area (Å²) in [7, 11) is 0. The fraction of sp³-hybridized carbons (Fsp3) is 0.571. The van der Waals surface area contributed by atoms with E-state index in [2.05, 4.69) is 31.2 Å². The predicted octanol–water partition coefficient (Wildman–Crippen LogP) is 3.78. The second-order valence-electron chi connectivity index (χ2n) is 4.69. The van der Waals surface area contributed by atoms with Crippen LogP contribution in [0.2, 0.25) is 0 Å². The first-order valence-electron chi connectivity index (χ1n) is 5.96.